The fourth-order valence-electron chi connectivity index (χ4n) is 4.41. The van der Waals surface area contributed by atoms with Crippen molar-refractivity contribution in [3.05, 3.63) is 71.1 Å². The highest BCUT2D eigenvalue weighted by molar-refractivity contribution is 5.90. The van der Waals surface area contributed by atoms with Crippen molar-refractivity contribution < 1.29 is 31.9 Å². The first-order valence-corrected chi connectivity index (χ1v) is 10.2. The molecule has 0 aromatic heterocycles. The molecule has 0 spiro atoms. The van der Waals surface area contributed by atoms with E-state index >= 15 is 4.39 Å². The molecule has 2 nitrogen and oxygen atoms in total. The van der Waals surface area contributed by atoms with Gasteiger partial charge in [-0.05, 0) is 78.8 Å². The summed E-state index contributed by atoms with van der Waals surface area (Å²) in [5.74, 6) is -8.25. The zero-order valence-corrected chi connectivity index (χ0v) is 16.9. The largest absolute Gasteiger partial charge is 0.477 e. The number of carbonyl (C=O) groups is 1. The average Bonchev–Trinajstić information content (AvgIpc) is 2.71. The lowest BCUT2D eigenvalue weighted by Gasteiger charge is -2.28. The molecule has 0 radical (unpaired) electrons. The number of benzene rings is 2. The third-order valence-electron chi connectivity index (χ3n) is 6.10. The summed E-state index contributed by atoms with van der Waals surface area (Å²) in [7, 11) is 0. The molecule has 0 unspecified atom stereocenters. The minimum absolute atomic E-state index is 0.0686. The van der Waals surface area contributed by atoms with E-state index in [2.05, 4.69) is 6.58 Å². The van der Waals surface area contributed by atoms with Gasteiger partial charge in [-0.2, -0.15) is 0 Å². The number of hydrogen-bond acceptors (Lipinski definition) is 1. The molecule has 0 bridgehead atoms. The van der Waals surface area contributed by atoms with Crippen LogP contribution < -0.4 is 0 Å². The van der Waals surface area contributed by atoms with Crippen LogP contribution in [0.2, 0.25) is 0 Å². The highest BCUT2D eigenvalue weighted by atomic mass is 19.2. The van der Waals surface area contributed by atoms with Crippen LogP contribution in [0, 0.1) is 40.9 Å². The summed E-state index contributed by atoms with van der Waals surface area (Å²) in [5.41, 5.74) is -1.69. The van der Waals surface area contributed by atoms with Crippen molar-refractivity contribution in [2.45, 2.75) is 44.9 Å². The van der Waals surface area contributed by atoms with E-state index in [1.54, 1.807) is 0 Å². The van der Waals surface area contributed by atoms with Crippen LogP contribution in [0.5, 0.6) is 0 Å². The van der Waals surface area contributed by atoms with Gasteiger partial charge in [0.05, 0.1) is 0 Å². The van der Waals surface area contributed by atoms with Gasteiger partial charge in [0.25, 0.3) is 0 Å². The fourth-order valence-corrected chi connectivity index (χ4v) is 4.41. The third kappa shape index (κ3) is 4.97. The number of allylic oxidation sites excluding steroid dienone is 1. The first-order valence-electron chi connectivity index (χ1n) is 10.2. The highest BCUT2D eigenvalue weighted by Gasteiger charge is 2.27. The minimum Gasteiger partial charge on any atom is -0.477 e. The SMILES string of the molecule is C=CCC1CCC(CCc2c(-c3cc(F)c(F)c(F)c3)cc(F)c(C(=O)O)c2F)CC1. The molecule has 0 aliphatic heterocycles. The van der Waals surface area contributed by atoms with E-state index < -0.39 is 40.6 Å². The van der Waals surface area contributed by atoms with E-state index in [4.69, 9.17) is 0 Å². The van der Waals surface area contributed by atoms with Gasteiger partial charge < -0.3 is 5.11 Å². The Hall–Kier alpha value is -2.70. The molecule has 7 heteroatoms. The van der Waals surface area contributed by atoms with Crippen molar-refractivity contribution in [2.24, 2.45) is 11.8 Å². The van der Waals surface area contributed by atoms with Crippen LogP contribution in [0.1, 0.15) is 54.4 Å². The van der Waals surface area contributed by atoms with Crippen LogP contribution in [0.4, 0.5) is 22.0 Å². The summed E-state index contributed by atoms with van der Waals surface area (Å²) in [6, 6.07) is 2.04. The molecule has 0 heterocycles. The van der Waals surface area contributed by atoms with Gasteiger partial charge in [-0.25, -0.2) is 26.7 Å². The highest BCUT2D eigenvalue weighted by Crippen LogP contribution is 2.36. The fraction of sp³-hybridized carbons (Fsp3) is 0.375. The van der Waals surface area contributed by atoms with Gasteiger partial charge in [0.1, 0.15) is 17.2 Å². The van der Waals surface area contributed by atoms with Gasteiger partial charge in [0.2, 0.25) is 0 Å². The second-order valence-electron chi connectivity index (χ2n) is 8.08. The molecule has 1 fully saturated rings. The van der Waals surface area contributed by atoms with E-state index in [1.165, 1.54) is 0 Å². The Morgan fingerprint density at radius 1 is 0.935 bits per heavy atom. The van der Waals surface area contributed by atoms with Gasteiger partial charge in [0.15, 0.2) is 17.5 Å². The normalized spacial score (nSPS) is 18.7. The minimum atomic E-state index is -1.77. The van der Waals surface area contributed by atoms with Crippen molar-refractivity contribution in [3.63, 3.8) is 0 Å². The van der Waals surface area contributed by atoms with Crippen LogP contribution >= 0.6 is 0 Å². The van der Waals surface area contributed by atoms with Gasteiger partial charge in [0, 0.05) is 0 Å². The molecule has 31 heavy (non-hydrogen) atoms. The number of hydrogen-bond donors (Lipinski definition) is 1. The van der Waals surface area contributed by atoms with Gasteiger partial charge in [-0.1, -0.05) is 18.9 Å². The first kappa shape index (κ1) is 23.0. The zero-order chi connectivity index (χ0) is 22.7. The van der Waals surface area contributed by atoms with E-state index in [1.807, 2.05) is 6.08 Å². The smallest absolute Gasteiger partial charge is 0.341 e. The Balaban J connectivity index is 1.95. The second kappa shape index (κ2) is 9.62. The number of rotatable bonds is 7. The molecule has 3 rings (SSSR count). The Kier molecular flexibility index (Phi) is 7.13. The first-order chi connectivity index (χ1) is 14.7. The quantitative estimate of drug-likeness (QED) is 0.285. The van der Waals surface area contributed by atoms with Gasteiger partial charge in [-0.15, -0.1) is 6.58 Å². The summed E-state index contributed by atoms with van der Waals surface area (Å²) in [4.78, 5) is 11.3. The maximum atomic E-state index is 15.0. The Labute approximate surface area is 177 Å². The lowest BCUT2D eigenvalue weighted by atomic mass is 9.78. The predicted molar refractivity (Wildman–Crippen MR) is 107 cm³/mol. The summed E-state index contributed by atoms with van der Waals surface area (Å²) >= 11 is 0. The number of carboxylic acid groups (broad SMARTS) is 1. The molecule has 1 aliphatic rings. The maximum Gasteiger partial charge on any atom is 0.341 e. The van der Waals surface area contributed by atoms with Gasteiger partial charge in [-0.3, -0.25) is 0 Å². The monoisotopic (exact) mass is 438 g/mol. The molecular formula is C24H23F5O2. The van der Waals surface area contributed by atoms with E-state index in [0.717, 1.165) is 38.2 Å². The van der Waals surface area contributed by atoms with E-state index in [9.17, 15) is 27.5 Å². The molecule has 1 N–H and O–H groups in total. The maximum absolute atomic E-state index is 15.0. The standard InChI is InChI=1S/C24H23F5O2/c1-2-3-13-4-6-14(7-5-13)8-9-16-17(12-18(25)21(22(16)28)24(30)31)15-10-19(26)23(29)20(27)11-15/h2,10-14H,1,3-9H2,(H,30,31). The van der Waals surface area contributed by atoms with Crippen LogP contribution in [-0.2, 0) is 6.42 Å². The third-order valence-corrected chi connectivity index (χ3v) is 6.10. The van der Waals surface area contributed by atoms with Crippen LogP contribution in [-0.4, -0.2) is 11.1 Å². The molecule has 166 valence electrons. The summed E-state index contributed by atoms with van der Waals surface area (Å²) in [6.45, 7) is 3.75. The van der Waals surface area contributed by atoms with Crippen LogP contribution in [0.25, 0.3) is 11.1 Å². The van der Waals surface area contributed by atoms with E-state index in [-0.39, 0.29) is 29.0 Å². The lowest BCUT2D eigenvalue weighted by molar-refractivity contribution is 0.0686. The Bertz CT molecular complexity index is 971. The average molecular weight is 438 g/mol. The predicted octanol–water partition coefficient (Wildman–Crippen LogP) is 7.06. The molecule has 0 atom stereocenters. The van der Waals surface area contributed by atoms with Crippen molar-refractivity contribution in [3.8, 4) is 11.1 Å². The molecule has 1 aliphatic carbocycles. The van der Waals surface area contributed by atoms with Crippen LogP contribution in [0.15, 0.2) is 30.9 Å². The molecule has 0 amide bonds. The van der Waals surface area contributed by atoms with Crippen molar-refractivity contribution >= 4 is 5.97 Å². The summed E-state index contributed by atoms with van der Waals surface area (Å²) in [5, 5.41) is 9.20. The molecule has 2 aromatic carbocycles. The van der Waals surface area contributed by atoms with Gasteiger partial charge >= 0.3 is 5.97 Å². The van der Waals surface area contributed by atoms with Crippen LogP contribution in [0.3, 0.4) is 0 Å². The molecule has 1 saturated carbocycles. The second-order valence-corrected chi connectivity index (χ2v) is 8.08. The van der Waals surface area contributed by atoms with Crippen molar-refractivity contribution in [2.75, 3.05) is 0 Å². The Morgan fingerprint density at radius 2 is 1.52 bits per heavy atom. The summed E-state index contributed by atoms with van der Waals surface area (Å²) in [6.07, 6.45) is 7.26. The zero-order valence-electron chi connectivity index (χ0n) is 16.9. The molecule has 0 saturated heterocycles. The molecule has 2 aromatic rings. The van der Waals surface area contributed by atoms with Crippen molar-refractivity contribution in [1.82, 2.24) is 0 Å². The number of aromatic carboxylic acids is 1. The summed E-state index contributed by atoms with van der Waals surface area (Å²) < 4.78 is 70.2. The van der Waals surface area contributed by atoms with Crippen molar-refractivity contribution in [1.29, 1.82) is 0 Å². The van der Waals surface area contributed by atoms with E-state index in [0.29, 0.717) is 24.5 Å². The topological polar surface area (TPSA) is 37.3 Å². The number of carboxylic acids is 1. The number of halogens is 5. The molecular weight excluding hydrogens is 415 g/mol. The Morgan fingerprint density at radius 3 is 2.06 bits per heavy atom. The lowest BCUT2D eigenvalue weighted by Crippen LogP contribution is -2.16.